The van der Waals surface area contributed by atoms with E-state index in [4.69, 9.17) is 0 Å². The summed E-state index contributed by atoms with van der Waals surface area (Å²) in [5.74, 6) is -1.93. The molecule has 0 saturated heterocycles. The molecule has 0 atom stereocenters. The van der Waals surface area contributed by atoms with Crippen molar-refractivity contribution in [2.45, 2.75) is 30.4 Å². The van der Waals surface area contributed by atoms with E-state index < -0.39 is 48.1 Å². The van der Waals surface area contributed by atoms with Gasteiger partial charge in [0.25, 0.3) is 0 Å². The molecule has 15 heteroatoms. The monoisotopic (exact) mass is 453 g/mol. The Morgan fingerprint density at radius 1 is 0.893 bits per heavy atom. The summed E-state index contributed by atoms with van der Waals surface area (Å²) in [6, 6.07) is 3.11. The van der Waals surface area contributed by atoms with Crippen LogP contribution in [0.3, 0.4) is 0 Å². The molecule has 0 N–H and O–H groups in total. The third-order valence-electron chi connectivity index (χ3n) is 3.86. The number of hydrogen-bond acceptors (Lipinski definition) is 6. The van der Waals surface area contributed by atoms with Crippen LogP contribution >= 0.6 is 0 Å². The summed E-state index contributed by atoms with van der Waals surface area (Å²) >= 11 is 0. The number of aromatic nitrogens is 1. The van der Waals surface area contributed by atoms with Crippen LogP contribution in [0, 0.1) is 0 Å². The van der Waals surface area contributed by atoms with E-state index in [1.807, 2.05) is 0 Å². The van der Waals surface area contributed by atoms with Gasteiger partial charge < -0.3 is 12.9 Å². The fourth-order valence-corrected chi connectivity index (χ4v) is 3.74. The summed E-state index contributed by atoms with van der Waals surface area (Å²) in [4.78, 5) is 0. The van der Waals surface area contributed by atoms with Crippen molar-refractivity contribution < 1.29 is 51.5 Å². The second-order valence-electron chi connectivity index (χ2n) is 5.65. The topological polar surface area (TPSA) is 91.7 Å². The predicted octanol–water partition coefficient (Wildman–Crippen LogP) is 3.04. The van der Waals surface area contributed by atoms with Crippen molar-refractivity contribution in [3.05, 3.63) is 23.9 Å². The van der Waals surface area contributed by atoms with Crippen molar-refractivity contribution in [1.29, 1.82) is 0 Å². The zero-order chi connectivity index (χ0) is 21.1. The molecule has 0 radical (unpaired) electrons. The molecule has 1 aromatic heterocycles. The quantitative estimate of drug-likeness (QED) is 0.402. The highest BCUT2D eigenvalue weighted by molar-refractivity contribution is 7.88. The van der Waals surface area contributed by atoms with Crippen LogP contribution in [0.5, 0.6) is 11.5 Å². The third kappa shape index (κ3) is 3.25. The number of fused-ring (bicyclic) bond motifs is 3. The Kier molecular flexibility index (Phi) is 4.53. The van der Waals surface area contributed by atoms with E-state index >= 15 is 0 Å². The highest BCUT2D eigenvalue weighted by atomic mass is 32.2. The van der Waals surface area contributed by atoms with Gasteiger partial charge in [0.1, 0.15) is 0 Å². The molecule has 0 unspecified atom stereocenters. The maximum absolute atomic E-state index is 12.7. The zero-order valence-corrected chi connectivity index (χ0v) is 15.0. The molecule has 0 spiro atoms. The van der Waals surface area contributed by atoms with Gasteiger partial charge >= 0.3 is 31.3 Å². The molecule has 2 aromatic rings. The molecule has 28 heavy (non-hydrogen) atoms. The van der Waals surface area contributed by atoms with Crippen molar-refractivity contribution in [2.24, 2.45) is 0 Å². The fraction of sp³-hybridized carbons (Fsp3) is 0.385. The number of rotatable bonds is 4. The molecular weight excluding hydrogens is 444 g/mol. The minimum Gasteiger partial charge on any atom is -0.375 e. The molecule has 1 aromatic carbocycles. The highest BCUT2D eigenvalue weighted by Crippen LogP contribution is 2.45. The Morgan fingerprint density at radius 2 is 1.46 bits per heavy atom. The lowest BCUT2D eigenvalue weighted by atomic mass is 10.2. The molecule has 0 saturated carbocycles. The van der Waals surface area contributed by atoms with Gasteiger partial charge in [0, 0.05) is 6.54 Å². The second kappa shape index (κ2) is 6.17. The number of alkyl halides is 6. The predicted molar refractivity (Wildman–Crippen MR) is 81.5 cm³/mol. The van der Waals surface area contributed by atoms with E-state index in [-0.39, 0.29) is 24.2 Å². The second-order valence-corrected chi connectivity index (χ2v) is 8.72. The SMILES string of the molecule is O=S(=O)(Oc1cccc2c1c(OS(=O)(=O)C(F)(F)F)c1n2CCC1)C(F)(F)F. The summed E-state index contributed by atoms with van der Waals surface area (Å²) in [5, 5.41) is -0.627. The van der Waals surface area contributed by atoms with Gasteiger partial charge in [0.15, 0.2) is 11.5 Å². The first-order chi connectivity index (χ1) is 12.7. The third-order valence-corrected chi connectivity index (χ3v) is 5.78. The first-order valence-electron chi connectivity index (χ1n) is 7.31. The number of benzene rings is 1. The molecule has 2 heterocycles. The number of aryl methyl sites for hydroxylation is 1. The van der Waals surface area contributed by atoms with Crippen LogP contribution in [0.4, 0.5) is 26.3 Å². The van der Waals surface area contributed by atoms with Crippen LogP contribution in [0.2, 0.25) is 0 Å². The summed E-state index contributed by atoms with van der Waals surface area (Å²) in [6.45, 7) is 0.205. The van der Waals surface area contributed by atoms with Crippen LogP contribution in [0.1, 0.15) is 12.1 Å². The van der Waals surface area contributed by atoms with E-state index in [1.165, 1.54) is 10.6 Å². The summed E-state index contributed by atoms with van der Waals surface area (Å²) in [6.07, 6.45) is 0.461. The molecule has 0 bridgehead atoms. The molecular formula is C13H9F6NO6S2. The van der Waals surface area contributed by atoms with Crippen LogP contribution < -0.4 is 8.37 Å². The Bertz CT molecular complexity index is 1150. The zero-order valence-electron chi connectivity index (χ0n) is 13.3. The van der Waals surface area contributed by atoms with Crippen LogP contribution in [0.25, 0.3) is 10.9 Å². The maximum Gasteiger partial charge on any atom is 0.534 e. The Morgan fingerprint density at radius 3 is 2.04 bits per heavy atom. The first kappa shape index (κ1) is 20.6. The van der Waals surface area contributed by atoms with Gasteiger partial charge in [-0.3, -0.25) is 0 Å². The van der Waals surface area contributed by atoms with Crippen molar-refractivity contribution in [1.82, 2.24) is 4.57 Å². The minimum atomic E-state index is -6.16. The van der Waals surface area contributed by atoms with E-state index in [2.05, 4.69) is 8.37 Å². The minimum absolute atomic E-state index is 0.0326. The van der Waals surface area contributed by atoms with Crippen LogP contribution in [-0.2, 0) is 33.2 Å². The van der Waals surface area contributed by atoms with Gasteiger partial charge in [0.05, 0.1) is 16.6 Å². The summed E-state index contributed by atoms with van der Waals surface area (Å²) in [5.41, 5.74) is -11.7. The molecule has 0 amide bonds. The maximum atomic E-state index is 12.7. The normalized spacial score (nSPS) is 15.6. The Labute approximate surface area is 153 Å². The molecule has 3 rings (SSSR count). The number of hydrogen-bond donors (Lipinski definition) is 0. The fourth-order valence-electron chi connectivity index (χ4n) is 2.78. The molecule has 1 aliphatic heterocycles. The average molecular weight is 453 g/mol. The molecule has 7 nitrogen and oxygen atoms in total. The highest BCUT2D eigenvalue weighted by Gasteiger charge is 2.51. The molecule has 0 fully saturated rings. The Hall–Kier alpha value is -2.16. The lowest BCUT2D eigenvalue weighted by molar-refractivity contribution is -0.0503. The standard InChI is InChI=1S/C13H9F6NO6S2/c14-12(15,16)27(21,22)25-9-5-1-3-7-10(9)11(8-4-2-6-20(7)8)26-28(23,24)13(17,18)19/h1,3,5H,2,4,6H2. The molecule has 1 aliphatic rings. The van der Waals surface area contributed by atoms with Crippen LogP contribution in [-0.4, -0.2) is 32.4 Å². The summed E-state index contributed by atoms with van der Waals surface area (Å²) < 4.78 is 131. The van der Waals surface area contributed by atoms with Crippen molar-refractivity contribution in [3.8, 4) is 11.5 Å². The van der Waals surface area contributed by atoms with Gasteiger partial charge in [0.2, 0.25) is 0 Å². The molecule has 156 valence electrons. The lowest BCUT2D eigenvalue weighted by Gasteiger charge is -2.13. The van der Waals surface area contributed by atoms with E-state index in [9.17, 15) is 43.2 Å². The van der Waals surface area contributed by atoms with Crippen molar-refractivity contribution >= 4 is 31.1 Å². The molecule has 0 aliphatic carbocycles. The summed E-state index contributed by atoms with van der Waals surface area (Å²) in [7, 11) is -12.3. The van der Waals surface area contributed by atoms with E-state index in [1.54, 1.807) is 0 Å². The first-order valence-corrected chi connectivity index (χ1v) is 10.1. The van der Waals surface area contributed by atoms with Gasteiger partial charge in [-0.1, -0.05) is 6.07 Å². The van der Waals surface area contributed by atoms with Crippen molar-refractivity contribution in [2.75, 3.05) is 0 Å². The van der Waals surface area contributed by atoms with E-state index in [0.717, 1.165) is 12.1 Å². The van der Waals surface area contributed by atoms with Crippen LogP contribution in [0.15, 0.2) is 18.2 Å². The van der Waals surface area contributed by atoms with E-state index in [0.29, 0.717) is 6.42 Å². The smallest absolute Gasteiger partial charge is 0.375 e. The average Bonchev–Trinajstić information content (AvgIpc) is 3.08. The van der Waals surface area contributed by atoms with Crippen molar-refractivity contribution in [3.63, 3.8) is 0 Å². The largest absolute Gasteiger partial charge is 0.534 e. The number of halogens is 6. The van der Waals surface area contributed by atoms with Gasteiger partial charge in [-0.25, -0.2) is 0 Å². The lowest BCUT2D eigenvalue weighted by Crippen LogP contribution is -2.29. The van der Waals surface area contributed by atoms with Gasteiger partial charge in [-0.15, -0.1) is 0 Å². The van der Waals surface area contributed by atoms with Gasteiger partial charge in [-0.05, 0) is 25.0 Å². The van der Waals surface area contributed by atoms with Gasteiger partial charge in [-0.2, -0.15) is 43.2 Å². The number of nitrogens with zero attached hydrogens (tertiary/aromatic N) is 1. The Balaban J connectivity index is 2.24.